The maximum Gasteiger partial charge on any atom is 0.334 e. The van der Waals surface area contributed by atoms with Gasteiger partial charge in [0.1, 0.15) is 5.54 Å². The summed E-state index contributed by atoms with van der Waals surface area (Å²) in [6.07, 6.45) is 3.17. The maximum absolute atomic E-state index is 12.4. The van der Waals surface area contributed by atoms with Crippen LogP contribution in [0.4, 0.5) is 4.79 Å². The summed E-state index contributed by atoms with van der Waals surface area (Å²) < 4.78 is 13.4. The lowest BCUT2D eigenvalue weighted by molar-refractivity contribution is -0.131. The lowest BCUT2D eigenvalue weighted by atomic mass is 9.98. The van der Waals surface area contributed by atoms with Gasteiger partial charge in [-0.3, -0.25) is 14.3 Å². The molecule has 7 heteroatoms. The minimum Gasteiger partial charge on any atom is -0.329 e. The van der Waals surface area contributed by atoms with Gasteiger partial charge in [0.05, 0.1) is 0 Å². The summed E-state index contributed by atoms with van der Waals surface area (Å²) >= 11 is 0. The summed E-state index contributed by atoms with van der Waals surface area (Å²) in [6.45, 7) is 1.79. The van der Waals surface area contributed by atoms with E-state index in [2.05, 4.69) is 0 Å². The van der Waals surface area contributed by atoms with Crippen molar-refractivity contribution in [2.45, 2.75) is 44.6 Å². The zero-order valence-electron chi connectivity index (χ0n) is 10.8. The third-order valence-corrected chi connectivity index (χ3v) is 6.04. The molecule has 1 aliphatic carbocycles. The molecule has 1 heterocycles. The molecule has 1 atom stereocenters. The topological polar surface area (TPSA) is 77.9 Å². The summed E-state index contributed by atoms with van der Waals surface area (Å²) in [5.41, 5.74) is -1.05. The van der Waals surface area contributed by atoms with Crippen molar-refractivity contribution in [1.29, 1.82) is 0 Å². The number of hydrogen-bond acceptors (Lipinski definition) is 3. The Bertz CT molecular complexity index is 431. The molecule has 2 fully saturated rings. The van der Waals surface area contributed by atoms with Gasteiger partial charge in [-0.2, -0.15) is 0 Å². The van der Waals surface area contributed by atoms with Gasteiger partial charge in [0.2, 0.25) is 0 Å². The molecule has 1 saturated heterocycles. The van der Waals surface area contributed by atoms with Crippen molar-refractivity contribution < 1.29 is 19.0 Å². The first kappa shape index (κ1) is 13.6. The molecule has 1 N–H and O–H groups in total. The van der Waals surface area contributed by atoms with Crippen molar-refractivity contribution in [1.82, 2.24) is 9.57 Å². The van der Waals surface area contributed by atoms with Crippen molar-refractivity contribution in [3.63, 3.8) is 0 Å². The van der Waals surface area contributed by atoms with Gasteiger partial charge in [-0.05, 0) is 19.3 Å². The first-order valence-corrected chi connectivity index (χ1v) is 8.11. The van der Waals surface area contributed by atoms with E-state index < -0.39 is 19.1 Å². The fourth-order valence-electron chi connectivity index (χ4n) is 3.02. The third kappa shape index (κ3) is 1.70. The smallest absolute Gasteiger partial charge is 0.329 e. The molecule has 3 amide bonds. The Morgan fingerprint density at radius 2 is 1.89 bits per heavy atom. The molecule has 1 spiro atoms. The van der Waals surface area contributed by atoms with Crippen LogP contribution in [0.2, 0.25) is 0 Å². The zero-order chi connectivity index (χ0) is 13.6. The molecule has 0 aromatic heterocycles. The standard InChI is InChI=1S/C11H19N2O4P/c1-3-8-18(16,17)13-10(15)12(2)9(14)11(13)6-4-5-7-11/h3-8H2,1-2H3,(H,16,17). The quantitative estimate of drug-likeness (QED) is 0.628. The third-order valence-electron chi connectivity index (χ3n) is 3.83. The van der Waals surface area contributed by atoms with Crippen molar-refractivity contribution in [2.24, 2.45) is 0 Å². The number of carbonyl (C=O) groups excluding carboxylic acids is 2. The minimum atomic E-state index is -3.76. The number of rotatable bonds is 3. The Morgan fingerprint density at radius 3 is 2.39 bits per heavy atom. The molecule has 0 bridgehead atoms. The molecular weight excluding hydrogens is 255 g/mol. The maximum atomic E-state index is 12.4. The molecule has 2 rings (SSSR count). The van der Waals surface area contributed by atoms with Gasteiger partial charge in [0.15, 0.2) is 0 Å². The molecule has 102 valence electrons. The second-order valence-corrected chi connectivity index (χ2v) is 7.26. The summed E-state index contributed by atoms with van der Waals surface area (Å²) in [4.78, 5) is 35.4. The van der Waals surface area contributed by atoms with Crippen LogP contribution in [-0.4, -0.2) is 45.2 Å². The average Bonchev–Trinajstić information content (AvgIpc) is 2.82. The highest BCUT2D eigenvalue weighted by molar-refractivity contribution is 7.56. The van der Waals surface area contributed by atoms with Crippen molar-refractivity contribution in [2.75, 3.05) is 13.2 Å². The van der Waals surface area contributed by atoms with Crippen molar-refractivity contribution in [3.8, 4) is 0 Å². The highest BCUT2D eigenvalue weighted by Gasteiger charge is 2.62. The van der Waals surface area contributed by atoms with E-state index in [0.717, 1.165) is 22.4 Å². The van der Waals surface area contributed by atoms with E-state index in [1.165, 1.54) is 7.05 Å². The van der Waals surface area contributed by atoms with Crippen LogP contribution in [0, 0.1) is 0 Å². The Hall–Kier alpha value is -0.870. The van der Waals surface area contributed by atoms with E-state index in [0.29, 0.717) is 19.3 Å². The fourth-order valence-corrected chi connectivity index (χ4v) is 5.09. The highest BCUT2D eigenvalue weighted by Crippen LogP contribution is 2.57. The van der Waals surface area contributed by atoms with Crippen LogP contribution in [0.15, 0.2) is 0 Å². The van der Waals surface area contributed by atoms with E-state index in [-0.39, 0.29) is 12.1 Å². The Labute approximate surface area is 106 Å². The lowest BCUT2D eigenvalue weighted by Crippen LogP contribution is -2.45. The van der Waals surface area contributed by atoms with Gasteiger partial charge in [0.25, 0.3) is 13.4 Å². The number of imide groups is 1. The predicted molar refractivity (Wildman–Crippen MR) is 66.2 cm³/mol. The zero-order valence-corrected chi connectivity index (χ0v) is 11.7. The molecule has 2 aliphatic rings. The largest absolute Gasteiger partial charge is 0.334 e. The molecule has 18 heavy (non-hydrogen) atoms. The molecule has 0 aromatic carbocycles. The number of hydrogen-bond donors (Lipinski definition) is 1. The number of amides is 3. The van der Waals surface area contributed by atoms with Gasteiger partial charge in [-0.25, -0.2) is 9.46 Å². The Balaban J connectivity index is 2.46. The van der Waals surface area contributed by atoms with E-state index in [4.69, 9.17) is 0 Å². The number of carbonyl (C=O) groups is 2. The van der Waals surface area contributed by atoms with Crippen LogP contribution < -0.4 is 0 Å². The monoisotopic (exact) mass is 274 g/mol. The number of urea groups is 1. The van der Waals surface area contributed by atoms with E-state index >= 15 is 0 Å². The fraction of sp³-hybridized carbons (Fsp3) is 0.818. The summed E-state index contributed by atoms with van der Waals surface area (Å²) in [7, 11) is -2.38. The van der Waals surface area contributed by atoms with Gasteiger partial charge in [-0.1, -0.05) is 19.8 Å². The van der Waals surface area contributed by atoms with Gasteiger partial charge in [-0.15, -0.1) is 0 Å². The Morgan fingerprint density at radius 1 is 1.33 bits per heavy atom. The second kappa shape index (κ2) is 4.35. The van der Waals surface area contributed by atoms with Crippen molar-refractivity contribution in [3.05, 3.63) is 0 Å². The lowest BCUT2D eigenvalue weighted by Gasteiger charge is -2.34. The molecular formula is C11H19N2O4P. The van der Waals surface area contributed by atoms with Crippen LogP contribution in [0.3, 0.4) is 0 Å². The highest BCUT2D eigenvalue weighted by atomic mass is 31.2. The molecule has 6 nitrogen and oxygen atoms in total. The first-order valence-electron chi connectivity index (χ1n) is 6.31. The van der Waals surface area contributed by atoms with Crippen LogP contribution in [0.5, 0.6) is 0 Å². The van der Waals surface area contributed by atoms with Crippen LogP contribution in [-0.2, 0) is 9.36 Å². The number of nitrogens with zero attached hydrogens (tertiary/aromatic N) is 2. The van der Waals surface area contributed by atoms with Gasteiger partial charge >= 0.3 is 6.03 Å². The molecule has 1 unspecified atom stereocenters. The van der Waals surface area contributed by atoms with Crippen LogP contribution in [0.1, 0.15) is 39.0 Å². The van der Waals surface area contributed by atoms with Gasteiger partial charge in [0, 0.05) is 13.2 Å². The molecule has 1 saturated carbocycles. The summed E-state index contributed by atoms with van der Waals surface area (Å²) in [5.74, 6) is -0.324. The molecule has 0 radical (unpaired) electrons. The normalized spacial score (nSPS) is 26.2. The van der Waals surface area contributed by atoms with E-state index in [1.54, 1.807) is 6.92 Å². The van der Waals surface area contributed by atoms with Crippen LogP contribution >= 0.6 is 7.52 Å². The average molecular weight is 274 g/mol. The Kier molecular flexibility index (Phi) is 3.28. The van der Waals surface area contributed by atoms with Crippen LogP contribution in [0.25, 0.3) is 0 Å². The van der Waals surface area contributed by atoms with E-state index in [9.17, 15) is 19.0 Å². The summed E-state index contributed by atoms with van der Waals surface area (Å²) in [6, 6.07) is -0.624. The minimum absolute atomic E-state index is 0.0433. The molecule has 0 aromatic rings. The van der Waals surface area contributed by atoms with Gasteiger partial charge < -0.3 is 4.89 Å². The predicted octanol–water partition coefficient (Wildman–Crippen LogP) is 1.79. The van der Waals surface area contributed by atoms with E-state index in [1.807, 2.05) is 0 Å². The van der Waals surface area contributed by atoms with Crippen molar-refractivity contribution >= 4 is 19.5 Å². The molecule has 1 aliphatic heterocycles. The SMILES string of the molecule is CCCP(=O)(O)N1C(=O)N(C)C(=O)C12CCCC2. The summed E-state index contributed by atoms with van der Waals surface area (Å²) in [5, 5.41) is 0. The second-order valence-electron chi connectivity index (χ2n) is 5.09. The first-order chi connectivity index (χ1) is 8.37. The number of likely N-dealkylation sites (N-methyl/N-ethyl adjacent to an activating group) is 1.